The minimum absolute atomic E-state index is 0.399. The van der Waals surface area contributed by atoms with Crippen molar-refractivity contribution in [2.75, 3.05) is 34.0 Å². The zero-order valence-electron chi connectivity index (χ0n) is 12.1. The van der Waals surface area contributed by atoms with Gasteiger partial charge in [-0.15, -0.1) is 0 Å². The summed E-state index contributed by atoms with van der Waals surface area (Å²) < 4.78 is 16.1. The van der Waals surface area contributed by atoms with E-state index in [2.05, 4.69) is 12.2 Å². The monoisotopic (exact) mass is 267 g/mol. The molecule has 0 spiro atoms. The van der Waals surface area contributed by atoms with E-state index in [0.717, 1.165) is 37.5 Å². The fraction of sp³-hybridized carbons (Fsp3) is 0.600. The van der Waals surface area contributed by atoms with Gasteiger partial charge in [0.15, 0.2) is 11.5 Å². The summed E-state index contributed by atoms with van der Waals surface area (Å²) in [6, 6.07) is 8.08. The van der Waals surface area contributed by atoms with Gasteiger partial charge < -0.3 is 19.5 Å². The second kappa shape index (κ2) is 9.64. The molecule has 0 aliphatic heterocycles. The maximum atomic E-state index is 5.71. The Morgan fingerprint density at radius 2 is 1.89 bits per heavy atom. The molecule has 0 fully saturated rings. The second-order valence-electron chi connectivity index (χ2n) is 4.39. The average Bonchev–Trinajstić information content (AvgIpc) is 2.44. The van der Waals surface area contributed by atoms with Gasteiger partial charge in [-0.1, -0.05) is 25.5 Å². The molecule has 1 aromatic rings. The van der Waals surface area contributed by atoms with E-state index in [9.17, 15) is 0 Å². The summed E-state index contributed by atoms with van der Waals surface area (Å²) in [6.07, 6.45) is 2.26. The lowest BCUT2D eigenvalue weighted by Crippen LogP contribution is -2.35. The molecule has 0 aliphatic rings. The average molecular weight is 267 g/mol. The summed E-state index contributed by atoms with van der Waals surface area (Å²) in [4.78, 5) is 0. The van der Waals surface area contributed by atoms with Crippen molar-refractivity contribution in [3.8, 4) is 11.5 Å². The minimum atomic E-state index is 0.399. The molecule has 0 saturated heterocycles. The molecule has 0 amide bonds. The molecule has 108 valence electrons. The first kappa shape index (κ1) is 15.8. The fourth-order valence-corrected chi connectivity index (χ4v) is 1.96. The molecule has 0 saturated carbocycles. The molecule has 1 N–H and O–H groups in total. The van der Waals surface area contributed by atoms with Gasteiger partial charge in [0, 0.05) is 19.7 Å². The summed E-state index contributed by atoms with van der Waals surface area (Å²) in [5.74, 6) is 1.55. The van der Waals surface area contributed by atoms with Crippen molar-refractivity contribution in [2.24, 2.45) is 0 Å². The first-order chi connectivity index (χ1) is 9.31. The summed E-state index contributed by atoms with van der Waals surface area (Å²) in [7, 11) is 3.38. The summed E-state index contributed by atoms with van der Waals surface area (Å²) >= 11 is 0. The van der Waals surface area contributed by atoms with Gasteiger partial charge in [0.05, 0.1) is 13.7 Å². The predicted octanol–water partition coefficient (Wildman–Crippen LogP) is 2.48. The van der Waals surface area contributed by atoms with Gasteiger partial charge in [-0.05, 0) is 18.6 Å². The molecule has 0 heterocycles. The Morgan fingerprint density at radius 3 is 2.53 bits per heavy atom. The third-order valence-corrected chi connectivity index (χ3v) is 2.87. The Hall–Kier alpha value is -1.26. The van der Waals surface area contributed by atoms with Crippen LogP contribution < -0.4 is 14.8 Å². The van der Waals surface area contributed by atoms with Gasteiger partial charge in [-0.2, -0.15) is 0 Å². The molecule has 0 bridgehead atoms. The molecule has 4 nitrogen and oxygen atoms in total. The van der Waals surface area contributed by atoms with E-state index in [1.54, 1.807) is 14.2 Å². The molecule has 0 aromatic heterocycles. The van der Waals surface area contributed by atoms with Crippen LogP contribution in [-0.4, -0.2) is 40.0 Å². The minimum Gasteiger partial charge on any atom is -0.493 e. The molecule has 0 radical (unpaired) electrons. The lowest BCUT2D eigenvalue weighted by molar-refractivity contribution is 0.158. The Bertz CT molecular complexity index is 338. The van der Waals surface area contributed by atoms with Crippen LogP contribution >= 0.6 is 0 Å². The number of rotatable bonds is 10. The van der Waals surface area contributed by atoms with Crippen LogP contribution in [0.1, 0.15) is 19.8 Å². The topological polar surface area (TPSA) is 39.7 Å². The second-order valence-corrected chi connectivity index (χ2v) is 4.39. The van der Waals surface area contributed by atoms with E-state index in [1.807, 2.05) is 24.3 Å². The van der Waals surface area contributed by atoms with Crippen molar-refractivity contribution in [1.29, 1.82) is 0 Å². The van der Waals surface area contributed by atoms with Gasteiger partial charge in [-0.3, -0.25) is 0 Å². The summed E-state index contributed by atoms with van der Waals surface area (Å²) in [5.41, 5.74) is 0. The smallest absolute Gasteiger partial charge is 0.161 e. The van der Waals surface area contributed by atoms with Crippen LogP contribution in [0.3, 0.4) is 0 Å². The van der Waals surface area contributed by atoms with Crippen LogP contribution in [0.25, 0.3) is 0 Å². The van der Waals surface area contributed by atoms with E-state index in [1.165, 1.54) is 0 Å². The molecule has 1 aromatic carbocycles. The maximum Gasteiger partial charge on any atom is 0.161 e. The maximum absolute atomic E-state index is 5.71. The first-order valence-corrected chi connectivity index (χ1v) is 6.80. The van der Waals surface area contributed by atoms with E-state index in [4.69, 9.17) is 14.2 Å². The number of para-hydroxylation sites is 2. The molecule has 1 rings (SSSR count). The van der Waals surface area contributed by atoms with E-state index < -0.39 is 0 Å². The lowest BCUT2D eigenvalue weighted by Gasteiger charge is -2.17. The predicted molar refractivity (Wildman–Crippen MR) is 77.1 cm³/mol. The standard InChI is InChI=1S/C15H25NO3/c1-4-7-13(12-17-2)16-10-11-19-15-9-6-5-8-14(15)18-3/h5-6,8-9,13,16H,4,7,10-12H2,1-3H3. The van der Waals surface area contributed by atoms with Crippen LogP contribution in [-0.2, 0) is 4.74 Å². The number of ether oxygens (including phenoxy) is 3. The largest absolute Gasteiger partial charge is 0.493 e. The highest BCUT2D eigenvalue weighted by atomic mass is 16.5. The quantitative estimate of drug-likeness (QED) is 0.661. The van der Waals surface area contributed by atoms with Gasteiger partial charge >= 0.3 is 0 Å². The van der Waals surface area contributed by atoms with Crippen molar-refractivity contribution in [1.82, 2.24) is 5.32 Å². The van der Waals surface area contributed by atoms with Crippen LogP contribution in [0.15, 0.2) is 24.3 Å². The Morgan fingerprint density at radius 1 is 1.16 bits per heavy atom. The van der Waals surface area contributed by atoms with Gasteiger partial charge in [0.2, 0.25) is 0 Å². The molecule has 0 aliphatic carbocycles. The van der Waals surface area contributed by atoms with E-state index in [-0.39, 0.29) is 0 Å². The first-order valence-electron chi connectivity index (χ1n) is 6.80. The number of methoxy groups -OCH3 is 2. The van der Waals surface area contributed by atoms with E-state index >= 15 is 0 Å². The normalized spacial score (nSPS) is 12.2. The highest BCUT2D eigenvalue weighted by Crippen LogP contribution is 2.25. The molecule has 1 unspecified atom stereocenters. The fourth-order valence-electron chi connectivity index (χ4n) is 1.96. The lowest BCUT2D eigenvalue weighted by atomic mass is 10.2. The van der Waals surface area contributed by atoms with E-state index in [0.29, 0.717) is 12.6 Å². The van der Waals surface area contributed by atoms with Gasteiger partial charge in [0.25, 0.3) is 0 Å². The summed E-state index contributed by atoms with van der Waals surface area (Å²) in [5, 5.41) is 3.44. The Kier molecular flexibility index (Phi) is 8.02. The van der Waals surface area contributed by atoms with Gasteiger partial charge in [0.1, 0.15) is 6.61 Å². The highest BCUT2D eigenvalue weighted by molar-refractivity contribution is 5.39. The zero-order chi connectivity index (χ0) is 13.9. The van der Waals surface area contributed by atoms with Crippen molar-refractivity contribution < 1.29 is 14.2 Å². The van der Waals surface area contributed by atoms with Crippen LogP contribution in [0.2, 0.25) is 0 Å². The highest BCUT2D eigenvalue weighted by Gasteiger charge is 2.06. The third kappa shape index (κ3) is 5.94. The number of hydrogen-bond donors (Lipinski definition) is 1. The van der Waals surface area contributed by atoms with Gasteiger partial charge in [-0.25, -0.2) is 0 Å². The zero-order valence-corrected chi connectivity index (χ0v) is 12.1. The molecular weight excluding hydrogens is 242 g/mol. The SMILES string of the molecule is CCCC(COC)NCCOc1ccccc1OC. The van der Waals surface area contributed by atoms with Crippen molar-refractivity contribution in [3.05, 3.63) is 24.3 Å². The van der Waals surface area contributed by atoms with Crippen LogP contribution in [0, 0.1) is 0 Å². The Balaban J connectivity index is 2.29. The molecule has 19 heavy (non-hydrogen) atoms. The Labute approximate surface area is 116 Å². The number of nitrogens with one attached hydrogen (secondary N) is 1. The number of benzene rings is 1. The van der Waals surface area contributed by atoms with Crippen molar-refractivity contribution >= 4 is 0 Å². The molecular formula is C15H25NO3. The van der Waals surface area contributed by atoms with Crippen LogP contribution in [0.4, 0.5) is 0 Å². The van der Waals surface area contributed by atoms with Crippen molar-refractivity contribution in [3.63, 3.8) is 0 Å². The molecule has 4 heteroatoms. The summed E-state index contributed by atoms with van der Waals surface area (Å²) in [6.45, 7) is 4.33. The molecule has 1 atom stereocenters. The van der Waals surface area contributed by atoms with Crippen molar-refractivity contribution in [2.45, 2.75) is 25.8 Å². The number of hydrogen-bond acceptors (Lipinski definition) is 4. The third-order valence-electron chi connectivity index (χ3n) is 2.87. The van der Waals surface area contributed by atoms with Crippen LogP contribution in [0.5, 0.6) is 11.5 Å².